The molecule has 1 aliphatic heterocycles. The molecule has 1 aromatic rings. The lowest BCUT2D eigenvalue weighted by Gasteiger charge is -2.35. The highest BCUT2D eigenvalue weighted by Gasteiger charge is 2.45. The van der Waals surface area contributed by atoms with Crippen molar-refractivity contribution >= 4 is 45.9 Å². The number of methoxy groups -OCH3 is 1. The van der Waals surface area contributed by atoms with Crippen molar-refractivity contribution in [2.75, 3.05) is 47.0 Å². The molecule has 2 aliphatic rings. The topological polar surface area (TPSA) is 46.1 Å². The first-order chi connectivity index (χ1) is 11.7. The van der Waals surface area contributed by atoms with Gasteiger partial charge in [0.2, 0.25) is 0 Å². The van der Waals surface area contributed by atoms with Crippen LogP contribution in [-0.2, 0) is 14.9 Å². The number of ether oxygens (including phenoxy) is 2. The molecule has 1 aromatic carbocycles. The Hall–Kier alpha value is -0.380. The molecule has 140 valence electrons. The summed E-state index contributed by atoms with van der Waals surface area (Å²) in [5.74, 6) is 0.956. The van der Waals surface area contributed by atoms with Crippen LogP contribution in [0.1, 0.15) is 18.4 Å². The van der Waals surface area contributed by atoms with E-state index in [1.165, 1.54) is 22.9 Å². The van der Waals surface area contributed by atoms with Crippen molar-refractivity contribution in [3.63, 3.8) is 0 Å². The molecule has 25 heavy (non-hydrogen) atoms. The molecular weight excluding hydrogens is 497 g/mol. The lowest BCUT2D eigenvalue weighted by atomic mass is 9.96. The van der Waals surface area contributed by atoms with Crippen molar-refractivity contribution in [3.8, 4) is 0 Å². The number of morpholine rings is 1. The van der Waals surface area contributed by atoms with Crippen LogP contribution in [0.25, 0.3) is 0 Å². The summed E-state index contributed by atoms with van der Waals surface area (Å²) in [7, 11) is 3.56. The van der Waals surface area contributed by atoms with Crippen LogP contribution >= 0.6 is 39.9 Å². The minimum absolute atomic E-state index is 0. The van der Waals surface area contributed by atoms with E-state index in [1.807, 2.05) is 7.05 Å². The number of nitrogens with zero attached hydrogens (tertiary/aromatic N) is 2. The number of aliphatic imine (C=N–C) groups is 1. The Balaban J connectivity index is 0.00000225. The third-order valence-corrected chi connectivity index (χ3v) is 5.58. The van der Waals surface area contributed by atoms with Crippen LogP contribution in [0.4, 0.5) is 0 Å². The monoisotopic (exact) mass is 523 g/mol. The molecular formula is C18H27BrIN3O2. The normalized spacial score (nSPS) is 22.3. The van der Waals surface area contributed by atoms with Crippen LogP contribution in [0.5, 0.6) is 0 Å². The Morgan fingerprint density at radius 3 is 2.84 bits per heavy atom. The van der Waals surface area contributed by atoms with Gasteiger partial charge in [0.25, 0.3) is 0 Å². The van der Waals surface area contributed by atoms with Crippen molar-refractivity contribution in [1.29, 1.82) is 0 Å². The molecule has 1 N–H and O–H groups in total. The summed E-state index contributed by atoms with van der Waals surface area (Å²) in [5.41, 5.74) is 1.63. The van der Waals surface area contributed by atoms with Crippen LogP contribution in [0.2, 0.25) is 0 Å². The first kappa shape index (κ1) is 20.9. The van der Waals surface area contributed by atoms with Gasteiger partial charge < -0.3 is 19.7 Å². The highest BCUT2D eigenvalue weighted by atomic mass is 127. The fourth-order valence-electron chi connectivity index (χ4n) is 3.36. The molecule has 7 heteroatoms. The Bertz CT molecular complexity index is 593. The maximum atomic E-state index is 5.73. The Morgan fingerprint density at radius 2 is 2.20 bits per heavy atom. The zero-order chi connectivity index (χ0) is 17.0. The molecule has 3 rings (SSSR count). The third-order valence-electron chi connectivity index (χ3n) is 4.89. The van der Waals surface area contributed by atoms with Crippen LogP contribution < -0.4 is 5.32 Å². The quantitative estimate of drug-likeness (QED) is 0.366. The second-order valence-corrected chi connectivity index (χ2v) is 7.41. The Labute approximate surface area is 175 Å². The number of hydrogen-bond acceptors (Lipinski definition) is 3. The highest BCUT2D eigenvalue weighted by molar-refractivity contribution is 14.0. The fraction of sp³-hybridized carbons (Fsp3) is 0.611. The summed E-state index contributed by atoms with van der Waals surface area (Å²) >= 11 is 3.70. The van der Waals surface area contributed by atoms with E-state index in [0.29, 0.717) is 13.2 Å². The fourth-order valence-corrected chi connectivity index (χ4v) is 4.07. The second-order valence-electron chi connectivity index (χ2n) is 6.56. The van der Waals surface area contributed by atoms with Gasteiger partial charge in [-0.15, -0.1) is 24.0 Å². The lowest BCUT2D eigenvalue weighted by Crippen LogP contribution is -2.52. The van der Waals surface area contributed by atoms with E-state index in [2.05, 4.69) is 55.4 Å². The molecule has 5 nitrogen and oxygen atoms in total. The average molecular weight is 524 g/mol. The zero-order valence-corrected chi connectivity index (χ0v) is 18.7. The second kappa shape index (κ2) is 9.53. The van der Waals surface area contributed by atoms with Gasteiger partial charge in [0.05, 0.1) is 19.3 Å². The van der Waals surface area contributed by atoms with Crippen LogP contribution in [0, 0.1) is 0 Å². The standard InChI is InChI=1S/C18H26BrN3O2.HI/c1-20-17(22-9-10-24-14(11-22)12-23-2)21-13-18(7-8-18)15-5-3-4-6-16(15)19;/h3-6,14H,7-13H2,1-2H3,(H,20,21);1H. The van der Waals surface area contributed by atoms with Gasteiger partial charge in [0.1, 0.15) is 0 Å². The smallest absolute Gasteiger partial charge is 0.193 e. The third kappa shape index (κ3) is 5.08. The molecule has 0 spiro atoms. The van der Waals surface area contributed by atoms with E-state index < -0.39 is 0 Å². The molecule has 1 unspecified atom stereocenters. The number of hydrogen-bond donors (Lipinski definition) is 1. The van der Waals surface area contributed by atoms with Crippen LogP contribution in [0.3, 0.4) is 0 Å². The minimum atomic E-state index is 0. The first-order valence-electron chi connectivity index (χ1n) is 8.50. The Kier molecular flexibility index (Phi) is 7.97. The lowest BCUT2D eigenvalue weighted by molar-refractivity contribution is -0.0447. The van der Waals surface area contributed by atoms with Gasteiger partial charge in [-0.1, -0.05) is 34.1 Å². The van der Waals surface area contributed by atoms with Gasteiger partial charge in [0.15, 0.2) is 5.96 Å². The number of rotatable bonds is 5. The van der Waals surface area contributed by atoms with Crippen molar-refractivity contribution in [3.05, 3.63) is 34.3 Å². The molecule has 1 atom stereocenters. The van der Waals surface area contributed by atoms with E-state index >= 15 is 0 Å². The van der Waals surface area contributed by atoms with Crippen molar-refractivity contribution in [2.45, 2.75) is 24.4 Å². The molecule has 2 fully saturated rings. The minimum Gasteiger partial charge on any atom is -0.382 e. The number of benzene rings is 1. The van der Waals surface area contributed by atoms with E-state index in [4.69, 9.17) is 9.47 Å². The summed E-state index contributed by atoms with van der Waals surface area (Å²) in [5, 5.41) is 3.59. The molecule has 0 amide bonds. The number of nitrogens with one attached hydrogen (secondary N) is 1. The summed E-state index contributed by atoms with van der Waals surface area (Å²) < 4.78 is 12.2. The predicted octanol–water partition coefficient (Wildman–Crippen LogP) is 3.02. The van der Waals surface area contributed by atoms with Crippen molar-refractivity contribution in [1.82, 2.24) is 10.2 Å². The average Bonchev–Trinajstić information content (AvgIpc) is 3.37. The van der Waals surface area contributed by atoms with Gasteiger partial charge in [0, 0.05) is 43.7 Å². The van der Waals surface area contributed by atoms with E-state index in [9.17, 15) is 0 Å². The largest absolute Gasteiger partial charge is 0.382 e. The summed E-state index contributed by atoms with van der Waals surface area (Å²) in [6, 6.07) is 8.54. The zero-order valence-electron chi connectivity index (χ0n) is 14.8. The molecule has 1 heterocycles. The molecule has 1 saturated heterocycles. The van der Waals surface area contributed by atoms with E-state index in [1.54, 1.807) is 7.11 Å². The van der Waals surface area contributed by atoms with Gasteiger partial charge in [-0.3, -0.25) is 4.99 Å². The highest BCUT2D eigenvalue weighted by Crippen LogP contribution is 2.49. The van der Waals surface area contributed by atoms with E-state index in [-0.39, 0.29) is 35.5 Å². The summed E-state index contributed by atoms with van der Waals surface area (Å²) in [4.78, 5) is 6.74. The molecule has 1 saturated carbocycles. The van der Waals surface area contributed by atoms with E-state index in [0.717, 1.165) is 25.6 Å². The maximum absolute atomic E-state index is 5.73. The molecule has 0 aromatic heterocycles. The van der Waals surface area contributed by atoms with Crippen LogP contribution in [-0.4, -0.2) is 64.0 Å². The molecule has 0 bridgehead atoms. The SMILES string of the molecule is CN=C(NCC1(c2ccccc2Br)CC1)N1CCOC(COC)C1.I. The van der Waals surface area contributed by atoms with Crippen LogP contribution in [0.15, 0.2) is 33.7 Å². The van der Waals surface area contributed by atoms with Crippen molar-refractivity contribution in [2.24, 2.45) is 4.99 Å². The van der Waals surface area contributed by atoms with Gasteiger partial charge in [-0.2, -0.15) is 0 Å². The Morgan fingerprint density at radius 1 is 1.44 bits per heavy atom. The predicted molar refractivity (Wildman–Crippen MR) is 115 cm³/mol. The summed E-state index contributed by atoms with van der Waals surface area (Å²) in [6.07, 6.45) is 2.55. The van der Waals surface area contributed by atoms with Gasteiger partial charge in [-0.25, -0.2) is 0 Å². The number of halogens is 2. The van der Waals surface area contributed by atoms with Gasteiger partial charge in [-0.05, 0) is 24.5 Å². The first-order valence-corrected chi connectivity index (χ1v) is 9.29. The van der Waals surface area contributed by atoms with Crippen molar-refractivity contribution < 1.29 is 9.47 Å². The summed E-state index contributed by atoms with van der Waals surface area (Å²) in [6.45, 7) is 3.92. The molecule has 1 aliphatic carbocycles. The molecule has 0 radical (unpaired) electrons. The van der Waals surface area contributed by atoms with Gasteiger partial charge >= 0.3 is 0 Å². The maximum Gasteiger partial charge on any atom is 0.193 e. The number of guanidine groups is 1.